The van der Waals surface area contributed by atoms with Gasteiger partial charge in [0, 0.05) is 39.3 Å². The monoisotopic (exact) mass is 446 g/mol. The topological polar surface area (TPSA) is 40.1 Å². The number of para-hydroxylation sites is 2. The number of nitrogens with one attached hydrogen (secondary N) is 1. The summed E-state index contributed by atoms with van der Waals surface area (Å²) in [5, 5.41) is 3.42. The normalized spacial score (nSPS) is 15.3. The van der Waals surface area contributed by atoms with Gasteiger partial charge in [0.25, 0.3) is 0 Å². The van der Waals surface area contributed by atoms with Crippen LogP contribution in [0.4, 0.5) is 5.69 Å². The number of halogens is 1. The SMILES string of the molecule is CCNC(=NCC(C)C)N1CCN(c2ccccc2OC)CC1.I. The Morgan fingerprint density at radius 1 is 1.21 bits per heavy atom. The highest BCUT2D eigenvalue weighted by Crippen LogP contribution is 2.28. The van der Waals surface area contributed by atoms with E-state index in [1.165, 1.54) is 5.69 Å². The van der Waals surface area contributed by atoms with Gasteiger partial charge in [-0.1, -0.05) is 26.0 Å². The van der Waals surface area contributed by atoms with E-state index in [1.54, 1.807) is 7.11 Å². The number of nitrogens with zero attached hydrogens (tertiary/aromatic N) is 3. The summed E-state index contributed by atoms with van der Waals surface area (Å²) in [6, 6.07) is 8.24. The van der Waals surface area contributed by atoms with E-state index in [4.69, 9.17) is 9.73 Å². The van der Waals surface area contributed by atoms with Crippen LogP contribution in [-0.2, 0) is 0 Å². The fourth-order valence-electron chi connectivity index (χ4n) is 2.75. The number of hydrogen-bond donors (Lipinski definition) is 1. The van der Waals surface area contributed by atoms with Gasteiger partial charge in [-0.2, -0.15) is 0 Å². The number of anilines is 1. The largest absolute Gasteiger partial charge is 0.495 e. The first-order valence-corrected chi connectivity index (χ1v) is 8.57. The number of piperazine rings is 1. The highest BCUT2D eigenvalue weighted by atomic mass is 127. The van der Waals surface area contributed by atoms with Gasteiger partial charge in [0.15, 0.2) is 5.96 Å². The lowest BCUT2D eigenvalue weighted by molar-refractivity contribution is 0.366. The Hall–Kier alpha value is -1.18. The van der Waals surface area contributed by atoms with E-state index in [2.05, 4.69) is 48.0 Å². The maximum Gasteiger partial charge on any atom is 0.194 e. The molecule has 0 atom stereocenters. The molecular weight excluding hydrogens is 415 g/mol. The first-order chi connectivity index (χ1) is 11.2. The number of benzene rings is 1. The lowest BCUT2D eigenvalue weighted by Gasteiger charge is -2.38. The number of aliphatic imine (C=N–C) groups is 1. The average Bonchev–Trinajstić information content (AvgIpc) is 2.58. The molecular formula is C18H31IN4O. The minimum absolute atomic E-state index is 0. The molecule has 0 aromatic heterocycles. The summed E-state index contributed by atoms with van der Waals surface area (Å²) in [6.45, 7) is 12.2. The van der Waals surface area contributed by atoms with Crippen molar-refractivity contribution in [3.05, 3.63) is 24.3 Å². The van der Waals surface area contributed by atoms with Gasteiger partial charge >= 0.3 is 0 Å². The molecule has 0 saturated carbocycles. The molecule has 1 aliphatic heterocycles. The molecule has 2 rings (SSSR count). The molecule has 0 amide bonds. The summed E-state index contributed by atoms with van der Waals surface area (Å²) in [5.74, 6) is 2.57. The third-order valence-electron chi connectivity index (χ3n) is 3.95. The molecule has 1 saturated heterocycles. The van der Waals surface area contributed by atoms with Gasteiger partial charge in [-0.3, -0.25) is 4.99 Å². The number of rotatable bonds is 5. The van der Waals surface area contributed by atoms with Crippen molar-refractivity contribution in [1.29, 1.82) is 0 Å². The van der Waals surface area contributed by atoms with Gasteiger partial charge in [0.2, 0.25) is 0 Å². The van der Waals surface area contributed by atoms with Crippen molar-refractivity contribution in [3.63, 3.8) is 0 Å². The minimum Gasteiger partial charge on any atom is -0.495 e. The lowest BCUT2D eigenvalue weighted by atomic mass is 10.2. The van der Waals surface area contributed by atoms with Crippen LogP contribution in [-0.4, -0.2) is 57.2 Å². The van der Waals surface area contributed by atoms with Crippen LogP contribution in [0.15, 0.2) is 29.3 Å². The fourth-order valence-corrected chi connectivity index (χ4v) is 2.75. The summed E-state index contributed by atoms with van der Waals surface area (Å²) in [4.78, 5) is 9.51. The van der Waals surface area contributed by atoms with Gasteiger partial charge in [0.1, 0.15) is 5.75 Å². The molecule has 1 heterocycles. The number of guanidine groups is 1. The van der Waals surface area contributed by atoms with Crippen molar-refractivity contribution in [2.24, 2.45) is 10.9 Å². The second kappa shape index (κ2) is 10.6. The zero-order valence-corrected chi connectivity index (χ0v) is 17.6. The van der Waals surface area contributed by atoms with Crippen LogP contribution < -0.4 is 15.0 Å². The number of methoxy groups -OCH3 is 1. The van der Waals surface area contributed by atoms with Crippen molar-refractivity contribution in [3.8, 4) is 5.75 Å². The molecule has 0 bridgehead atoms. The highest BCUT2D eigenvalue weighted by molar-refractivity contribution is 14.0. The van der Waals surface area contributed by atoms with Crippen LogP contribution in [0.25, 0.3) is 0 Å². The van der Waals surface area contributed by atoms with E-state index in [9.17, 15) is 0 Å². The first kappa shape index (κ1) is 20.9. The standard InChI is InChI=1S/C18H30N4O.HI/c1-5-19-18(20-14-15(2)3)22-12-10-21(11-13-22)16-8-6-7-9-17(16)23-4;/h6-9,15H,5,10-14H2,1-4H3,(H,19,20);1H. The Morgan fingerprint density at radius 2 is 1.88 bits per heavy atom. The van der Waals surface area contributed by atoms with Gasteiger partial charge < -0.3 is 19.9 Å². The Kier molecular flexibility index (Phi) is 9.25. The van der Waals surface area contributed by atoms with E-state index in [0.29, 0.717) is 5.92 Å². The molecule has 1 fully saturated rings. The molecule has 1 aromatic rings. The number of hydrogen-bond acceptors (Lipinski definition) is 3. The third-order valence-corrected chi connectivity index (χ3v) is 3.95. The van der Waals surface area contributed by atoms with Gasteiger partial charge in [-0.25, -0.2) is 0 Å². The molecule has 6 heteroatoms. The molecule has 0 radical (unpaired) electrons. The Morgan fingerprint density at radius 3 is 2.46 bits per heavy atom. The van der Waals surface area contributed by atoms with E-state index < -0.39 is 0 Å². The predicted molar refractivity (Wildman–Crippen MR) is 113 cm³/mol. The van der Waals surface area contributed by atoms with Gasteiger partial charge in [-0.05, 0) is 25.0 Å². The number of ether oxygens (including phenoxy) is 1. The van der Waals surface area contributed by atoms with E-state index in [1.807, 2.05) is 12.1 Å². The molecule has 1 aliphatic rings. The second-order valence-corrected chi connectivity index (χ2v) is 6.23. The van der Waals surface area contributed by atoms with E-state index >= 15 is 0 Å². The summed E-state index contributed by atoms with van der Waals surface area (Å²) in [6.07, 6.45) is 0. The smallest absolute Gasteiger partial charge is 0.194 e. The molecule has 5 nitrogen and oxygen atoms in total. The fraction of sp³-hybridized carbons (Fsp3) is 0.611. The molecule has 1 aromatic carbocycles. The van der Waals surface area contributed by atoms with Crippen molar-refractivity contribution in [2.45, 2.75) is 20.8 Å². The maximum atomic E-state index is 5.48. The summed E-state index contributed by atoms with van der Waals surface area (Å²) in [5.41, 5.74) is 1.18. The quantitative estimate of drug-likeness (QED) is 0.429. The van der Waals surface area contributed by atoms with Gasteiger partial charge in [0.05, 0.1) is 12.8 Å². The van der Waals surface area contributed by atoms with Crippen LogP contribution in [0.5, 0.6) is 5.75 Å². The molecule has 136 valence electrons. The van der Waals surface area contributed by atoms with Crippen LogP contribution in [0.3, 0.4) is 0 Å². The zero-order valence-electron chi connectivity index (χ0n) is 15.3. The summed E-state index contributed by atoms with van der Waals surface area (Å²) >= 11 is 0. The third kappa shape index (κ3) is 5.72. The molecule has 24 heavy (non-hydrogen) atoms. The second-order valence-electron chi connectivity index (χ2n) is 6.23. The van der Waals surface area contributed by atoms with Crippen LogP contribution in [0.1, 0.15) is 20.8 Å². The van der Waals surface area contributed by atoms with E-state index in [-0.39, 0.29) is 24.0 Å². The van der Waals surface area contributed by atoms with Crippen LogP contribution in [0, 0.1) is 5.92 Å². The maximum absolute atomic E-state index is 5.48. The van der Waals surface area contributed by atoms with Crippen molar-refractivity contribution < 1.29 is 4.74 Å². The molecule has 0 spiro atoms. The Balaban J connectivity index is 0.00000288. The van der Waals surface area contributed by atoms with Crippen LogP contribution >= 0.6 is 24.0 Å². The van der Waals surface area contributed by atoms with Crippen LogP contribution in [0.2, 0.25) is 0 Å². The zero-order chi connectivity index (χ0) is 16.7. The first-order valence-electron chi connectivity index (χ1n) is 8.57. The summed E-state index contributed by atoms with van der Waals surface area (Å²) in [7, 11) is 1.73. The van der Waals surface area contributed by atoms with Gasteiger partial charge in [-0.15, -0.1) is 24.0 Å². The minimum atomic E-state index is 0. The molecule has 0 aliphatic carbocycles. The van der Waals surface area contributed by atoms with E-state index in [0.717, 1.165) is 51.0 Å². The Bertz CT molecular complexity index is 513. The molecule has 0 unspecified atom stereocenters. The lowest BCUT2D eigenvalue weighted by Crippen LogP contribution is -2.52. The highest BCUT2D eigenvalue weighted by Gasteiger charge is 2.21. The summed E-state index contributed by atoms with van der Waals surface area (Å²) < 4.78 is 5.48. The molecule has 1 N–H and O–H groups in total. The Labute approximate surface area is 163 Å². The average molecular weight is 446 g/mol. The van der Waals surface area contributed by atoms with Crippen molar-refractivity contribution >= 4 is 35.6 Å². The predicted octanol–water partition coefficient (Wildman–Crippen LogP) is 3.06. The van der Waals surface area contributed by atoms with Crippen molar-refractivity contribution in [1.82, 2.24) is 10.2 Å². The van der Waals surface area contributed by atoms with Crippen molar-refractivity contribution in [2.75, 3.05) is 51.3 Å².